The molecule has 0 radical (unpaired) electrons. The molecule has 268 valence electrons. The molecule has 5 rings (SSSR count). The van der Waals surface area contributed by atoms with Crippen LogP contribution in [0, 0.1) is 0 Å². The third kappa shape index (κ3) is 9.29. The monoisotopic (exact) mass is 715 g/mol. The number of aliphatic imine (C=N–C) groups is 1. The molecule has 2 atom stereocenters. The molecule has 0 bridgehead atoms. The van der Waals surface area contributed by atoms with Gasteiger partial charge in [0.2, 0.25) is 5.90 Å². The Morgan fingerprint density at radius 2 is 1.63 bits per heavy atom. The molecule has 52 heavy (non-hydrogen) atoms. The summed E-state index contributed by atoms with van der Waals surface area (Å²) in [6.45, 7) is 0.292. The number of rotatable bonds is 16. The SMILES string of the molecule is [N-]=[N+]=NCc1ccccc1C[C@]1(C(=O)NNCc2ccc(OC(F)(F)F)cc2)N=C(c2ccc(OCCCO)cc2)O[C@H]1c1ccccc1N=[N+]=[N-]. The van der Waals surface area contributed by atoms with E-state index < -0.39 is 29.7 Å². The molecule has 4 aromatic rings. The molecule has 0 saturated heterocycles. The van der Waals surface area contributed by atoms with Gasteiger partial charge >= 0.3 is 6.36 Å². The van der Waals surface area contributed by atoms with E-state index in [1.165, 1.54) is 12.1 Å². The van der Waals surface area contributed by atoms with E-state index in [1.54, 1.807) is 72.8 Å². The van der Waals surface area contributed by atoms with Crippen molar-refractivity contribution in [2.24, 2.45) is 15.2 Å². The Morgan fingerprint density at radius 3 is 2.33 bits per heavy atom. The molecular formula is C35H32F3N9O5. The molecule has 17 heteroatoms. The van der Waals surface area contributed by atoms with Crippen molar-refractivity contribution in [3.63, 3.8) is 0 Å². The molecule has 3 N–H and O–H groups in total. The topological polar surface area (TPSA) is 199 Å². The third-order valence-electron chi connectivity index (χ3n) is 7.94. The summed E-state index contributed by atoms with van der Waals surface area (Å²) in [5, 5.41) is 16.6. The molecule has 1 heterocycles. The van der Waals surface area contributed by atoms with E-state index in [9.17, 15) is 23.5 Å². The summed E-state index contributed by atoms with van der Waals surface area (Å²) in [7, 11) is 0. The van der Waals surface area contributed by atoms with Gasteiger partial charge in [-0.05, 0) is 64.2 Å². The van der Waals surface area contributed by atoms with Crippen LogP contribution in [0.3, 0.4) is 0 Å². The van der Waals surface area contributed by atoms with E-state index in [2.05, 4.69) is 35.6 Å². The highest BCUT2D eigenvalue weighted by atomic mass is 19.4. The number of hydrogen-bond donors (Lipinski definition) is 3. The molecule has 1 aliphatic heterocycles. The van der Waals surface area contributed by atoms with E-state index in [0.717, 1.165) is 12.1 Å². The highest BCUT2D eigenvalue weighted by molar-refractivity contribution is 6.01. The minimum Gasteiger partial charge on any atom is -0.494 e. The lowest BCUT2D eigenvalue weighted by atomic mass is 9.80. The molecule has 0 fully saturated rings. The number of alkyl halides is 3. The van der Waals surface area contributed by atoms with Crippen LogP contribution in [-0.2, 0) is 29.0 Å². The van der Waals surface area contributed by atoms with E-state index in [4.69, 9.17) is 25.1 Å². The third-order valence-corrected chi connectivity index (χ3v) is 7.94. The van der Waals surface area contributed by atoms with Crippen LogP contribution in [0.1, 0.15) is 40.3 Å². The van der Waals surface area contributed by atoms with E-state index in [-0.39, 0.29) is 37.7 Å². The van der Waals surface area contributed by atoms with Crippen LogP contribution in [0.15, 0.2) is 112 Å². The quantitative estimate of drug-likeness (QED) is 0.0354. The summed E-state index contributed by atoms with van der Waals surface area (Å²) in [5.41, 5.74) is 25.0. The van der Waals surface area contributed by atoms with Gasteiger partial charge < -0.3 is 19.3 Å². The number of hydrogen-bond acceptors (Lipinski definition) is 9. The first-order valence-electron chi connectivity index (χ1n) is 15.9. The number of carbonyl (C=O) groups excluding carboxylic acids is 1. The second-order valence-electron chi connectivity index (χ2n) is 11.4. The number of azide groups is 2. The lowest BCUT2D eigenvalue weighted by molar-refractivity contribution is -0.274. The Bertz CT molecular complexity index is 1980. The second-order valence-corrected chi connectivity index (χ2v) is 11.4. The summed E-state index contributed by atoms with van der Waals surface area (Å²) < 4.78 is 54.0. The molecule has 0 saturated carbocycles. The Kier molecular flexibility index (Phi) is 12.2. The van der Waals surface area contributed by atoms with E-state index in [1.807, 2.05) is 0 Å². The molecule has 1 aliphatic rings. The lowest BCUT2D eigenvalue weighted by Crippen LogP contribution is -2.53. The smallest absolute Gasteiger partial charge is 0.494 e. The van der Waals surface area contributed by atoms with Crippen LogP contribution >= 0.6 is 0 Å². The van der Waals surface area contributed by atoms with Gasteiger partial charge in [-0.3, -0.25) is 10.2 Å². The first kappa shape index (κ1) is 37.0. The van der Waals surface area contributed by atoms with Crippen LogP contribution < -0.4 is 20.3 Å². The molecule has 1 amide bonds. The van der Waals surface area contributed by atoms with Crippen molar-refractivity contribution >= 4 is 17.5 Å². The highest BCUT2D eigenvalue weighted by Crippen LogP contribution is 2.45. The van der Waals surface area contributed by atoms with E-state index in [0.29, 0.717) is 46.6 Å². The Labute approximate surface area is 295 Å². The molecule has 14 nitrogen and oxygen atoms in total. The van der Waals surface area contributed by atoms with Crippen LogP contribution in [0.2, 0.25) is 0 Å². The van der Waals surface area contributed by atoms with Crippen molar-refractivity contribution in [1.29, 1.82) is 0 Å². The number of aliphatic hydroxyl groups is 1. The highest BCUT2D eigenvalue weighted by Gasteiger charge is 2.54. The maximum atomic E-state index is 14.6. The molecule has 0 spiro atoms. The largest absolute Gasteiger partial charge is 0.573 e. The van der Waals surface area contributed by atoms with Crippen molar-refractivity contribution < 1.29 is 37.3 Å². The van der Waals surface area contributed by atoms with Gasteiger partial charge in [0.05, 0.1) is 13.2 Å². The molecule has 4 aromatic carbocycles. The van der Waals surface area contributed by atoms with Gasteiger partial charge in [-0.2, -0.15) is 0 Å². The second kappa shape index (κ2) is 17.1. The molecule has 0 aromatic heterocycles. The number of benzene rings is 4. The number of nitrogens with zero attached hydrogens (tertiary/aromatic N) is 7. The van der Waals surface area contributed by atoms with Crippen molar-refractivity contribution in [2.45, 2.75) is 43.9 Å². The van der Waals surface area contributed by atoms with E-state index >= 15 is 0 Å². The molecule has 0 aliphatic carbocycles. The zero-order chi connectivity index (χ0) is 37.0. The van der Waals surface area contributed by atoms with Crippen LogP contribution in [0.25, 0.3) is 20.9 Å². The minimum absolute atomic E-state index is 0.00811. The van der Waals surface area contributed by atoms with Gasteiger partial charge in [0.25, 0.3) is 5.91 Å². The number of nitrogens with one attached hydrogen (secondary N) is 2. The average Bonchev–Trinajstić information content (AvgIpc) is 3.52. The predicted molar refractivity (Wildman–Crippen MR) is 183 cm³/mol. The number of ether oxygens (including phenoxy) is 3. The Morgan fingerprint density at radius 1 is 0.942 bits per heavy atom. The Hall–Kier alpha value is -6.25. The number of halogens is 3. The maximum Gasteiger partial charge on any atom is 0.573 e. The summed E-state index contributed by atoms with van der Waals surface area (Å²) in [4.78, 5) is 25.4. The first-order chi connectivity index (χ1) is 25.2. The predicted octanol–water partition coefficient (Wildman–Crippen LogP) is 7.42. The van der Waals surface area contributed by atoms with Crippen molar-refractivity contribution in [1.82, 2.24) is 10.9 Å². The fraction of sp³-hybridized carbons (Fsp3) is 0.257. The summed E-state index contributed by atoms with van der Waals surface area (Å²) in [5.74, 6) is -0.400. The van der Waals surface area contributed by atoms with Crippen molar-refractivity contribution in [3.05, 3.63) is 146 Å². The number of aliphatic hydroxyl groups excluding tert-OH is 1. The Balaban J connectivity index is 1.55. The molecular weight excluding hydrogens is 683 g/mol. The van der Waals surface area contributed by atoms with Gasteiger partial charge in [-0.1, -0.05) is 70.9 Å². The zero-order valence-corrected chi connectivity index (χ0v) is 27.4. The summed E-state index contributed by atoms with van der Waals surface area (Å²) in [6, 6.07) is 25.6. The zero-order valence-electron chi connectivity index (χ0n) is 27.4. The van der Waals surface area contributed by atoms with Gasteiger partial charge in [0.15, 0.2) is 11.6 Å². The number of hydrazine groups is 1. The molecule has 0 unspecified atom stereocenters. The minimum atomic E-state index is -4.84. The number of carbonyl (C=O) groups is 1. The number of amides is 1. The van der Waals surface area contributed by atoms with Gasteiger partial charge in [0, 0.05) is 52.6 Å². The standard InChI is InChI=1S/C35H32F3N9O5/c36-35(37,38)52-28-14-10-23(11-15-28)21-41-45-33(49)34(20-25-6-1-2-7-26(25)22-42-46-39)31(29-8-3-4-9-30(29)44-47-40)51-32(43-34)24-12-16-27(17-13-24)50-19-5-18-48/h1-4,6-17,31,41,48H,5,18-22H2,(H,45,49)/t31-,34-/m0/s1. The van der Waals surface area contributed by atoms with Gasteiger partial charge in [-0.25, -0.2) is 10.4 Å². The van der Waals surface area contributed by atoms with Crippen molar-refractivity contribution in [2.75, 3.05) is 13.2 Å². The van der Waals surface area contributed by atoms with Crippen molar-refractivity contribution in [3.8, 4) is 11.5 Å². The van der Waals surface area contributed by atoms with Crippen LogP contribution in [-0.4, -0.2) is 42.0 Å². The fourth-order valence-corrected chi connectivity index (χ4v) is 5.53. The fourth-order valence-electron chi connectivity index (χ4n) is 5.53. The lowest BCUT2D eigenvalue weighted by Gasteiger charge is -2.32. The van der Waals surface area contributed by atoms with Crippen LogP contribution in [0.5, 0.6) is 11.5 Å². The van der Waals surface area contributed by atoms with Gasteiger partial charge in [0.1, 0.15) is 11.5 Å². The summed E-state index contributed by atoms with van der Waals surface area (Å²) in [6.07, 6.45) is -5.61. The normalized spacial score (nSPS) is 16.5. The van der Waals surface area contributed by atoms with Crippen LogP contribution in [0.4, 0.5) is 18.9 Å². The van der Waals surface area contributed by atoms with Gasteiger partial charge in [-0.15, -0.1) is 13.2 Å². The first-order valence-corrected chi connectivity index (χ1v) is 15.9. The average molecular weight is 716 g/mol. The summed E-state index contributed by atoms with van der Waals surface area (Å²) >= 11 is 0. The maximum absolute atomic E-state index is 14.6.